The van der Waals surface area contributed by atoms with E-state index in [2.05, 4.69) is 22.6 Å². The number of ketones is 1. The van der Waals surface area contributed by atoms with Gasteiger partial charge in [-0.2, -0.15) is 0 Å². The average Bonchev–Trinajstić information content (AvgIpc) is 2.65. The molecule has 20 heavy (non-hydrogen) atoms. The van der Waals surface area contributed by atoms with Crippen LogP contribution in [0.1, 0.15) is 21.5 Å². The van der Waals surface area contributed by atoms with Crippen LogP contribution in [-0.4, -0.2) is 11.7 Å². The summed E-state index contributed by atoms with van der Waals surface area (Å²) in [7, 11) is 0. The van der Waals surface area contributed by atoms with Crippen LogP contribution in [-0.2, 0) is 11.3 Å². The van der Waals surface area contributed by atoms with Crippen molar-refractivity contribution >= 4 is 40.0 Å². The van der Waals surface area contributed by atoms with E-state index >= 15 is 0 Å². The number of amides is 1. The number of benzene rings is 2. The summed E-state index contributed by atoms with van der Waals surface area (Å²) in [5.41, 5.74) is 3.28. The Balaban J connectivity index is 2.07. The number of aryl methyl sites for hydroxylation is 1. The Kier molecular flexibility index (Phi) is 3.33. The first-order valence-electron chi connectivity index (χ1n) is 6.28. The number of anilines is 1. The molecule has 4 heteroatoms. The van der Waals surface area contributed by atoms with Crippen LogP contribution in [0, 0.1) is 10.5 Å². The maximum Gasteiger partial charge on any atom is 0.299 e. The zero-order chi connectivity index (χ0) is 14.3. The van der Waals surface area contributed by atoms with Gasteiger partial charge in [0, 0.05) is 3.57 Å². The first-order chi connectivity index (χ1) is 9.58. The second-order valence-electron chi connectivity index (χ2n) is 4.85. The van der Waals surface area contributed by atoms with Gasteiger partial charge in [0.1, 0.15) is 0 Å². The number of carbonyl (C=O) groups is 2. The number of carbonyl (C=O) groups excluding carboxylic acids is 2. The number of halogens is 1. The quantitative estimate of drug-likeness (QED) is 0.595. The standard InChI is InChI=1S/C16H12INO2/c1-10-7-12-14(13(17)8-10)18(16(20)15(12)19)9-11-5-3-2-4-6-11/h2-8H,9H2,1H3. The van der Waals surface area contributed by atoms with Crippen molar-refractivity contribution in [2.24, 2.45) is 0 Å². The van der Waals surface area contributed by atoms with Gasteiger partial charge in [0.15, 0.2) is 0 Å². The smallest absolute Gasteiger partial charge is 0.299 e. The van der Waals surface area contributed by atoms with Crippen LogP contribution in [0.4, 0.5) is 5.69 Å². The number of fused-ring (bicyclic) bond motifs is 1. The van der Waals surface area contributed by atoms with Crippen LogP contribution in [0.2, 0.25) is 0 Å². The lowest BCUT2D eigenvalue weighted by Crippen LogP contribution is -2.29. The molecule has 1 heterocycles. The van der Waals surface area contributed by atoms with E-state index in [0.29, 0.717) is 12.1 Å². The molecule has 0 aromatic heterocycles. The number of rotatable bonds is 2. The van der Waals surface area contributed by atoms with Crippen LogP contribution >= 0.6 is 22.6 Å². The summed E-state index contributed by atoms with van der Waals surface area (Å²) in [6, 6.07) is 13.5. The van der Waals surface area contributed by atoms with Gasteiger partial charge in [-0.25, -0.2) is 0 Å². The monoisotopic (exact) mass is 377 g/mol. The van der Waals surface area contributed by atoms with Gasteiger partial charge in [0.25, 0.3) is 11.7 Å². The summed E-state index contributed by atoms with van der Waals surface area (Å²) >= 11 is 2.18. The highest BCUT2D eigenvalue weighted by Crippen LogP contribution is 2.35. The molecule has 0 spiro atoms. The molecule has 1 aliphatic heterocycles. The Labute approximate surface area is 130 Å². The molecule has 0 saturated heterocycles. The van der Waals surface area contributed by atoms with Gasteiger partial charge in [0.05, 0.1) is 17.8 Å². The summed E-state index contributed by atoms with van der Waals surface area (Å²) in [5.74, 6) is -0.843. The lowest BCUT2D eigenvalue weighted by molar-refractivity contribution is -0.114. The van der Waals surface area contributed by atoms with Crippen molar-refractivity contribution in [2.45, 2.75) is 13.5 Å². The molecule has 0 fully saturated rings. The van der Waals surface area contributed by atoms with Crippen molar-refractivity contribution in [1.82, 2.24) is 0 Å². The molecule has 100 valence electrons. The van der Waals surface area contributed by atoms with Crippen LogP contribution < -0.4 is 4.90 Å². The van der Waals surface area contributed by atoms with Crippen LogP contribution in [0.25, 0.3) is 0 Å². The van der Waals surface area contributed by atoms with Crippen molar-refractivity contribution in [3.05, 3.63) is 62.7 Å². The first kappa shape index (κ1) is 13.3. The molecule has 0 atom stereocenters. The largest absolute Gasteiger partial charge is 0.299 e. The maximum absolute atomic E-state index is 12.2. The molecule has 2 aromatic carbocycles. The number of hydrogen-bond donors (Lipinski definition) is 0. The van der Waals surface area contributed by atoms with Gasteiger partial charge in [-0.3, -0.25) is 14.5 Å². The predicted octanol–water partition coefficient (Wildman–Crippen LogP) is 3.33. The van der Waals surface area contributed by atoms with E-state index in [1.165, 1.54) is 0 Å². The number of Topliss-reactive ketones (excluding diaryl/α,β-unsaturated/α-hetero) is 1. The average molecular weight is 377 g/mol. The molecule has 0 N–H and O–H groups in total. The van der Waals surface area contributed by atoms with Crippen molar-refractivity contribution in [3.8, 4) is 0 Å². The predicted molar refractivity (Wildman–Crippen MR) is 85.9 cm³/mol. The Bertz CT molecular complexity index is 710. The Morgan fingerprint density at radius 1 is 1.10 bits per heavy atom. The van der Waals surface area contributed by atoms with Gasteiger partial charge >= 0.3 is 0 Å². The Morgan fingerprint density at radius 2 is 1.80 bits per heavy atom. The lowest BCUT2D eigenvalue weighted by Gasteiger charge is -2.18. The maximum atomic E-state index is 12.2. The van der Waals surface area contributed by atoms with E-state index in [4.69, 9.17) is 0 Å². The third-order valence-corrected chi connectivity index (χ3v) is 4.17. The summed E-state index contributed by atoms with van der Waals surface area (Å²) in [6.45, 7) is 2.36. The molecule has 0 radical (unpaired) electrons. The molecule has 1 aliphatic rings. The van der Waals surface area contributed by atoms with E-state index in [-0.39, 0.29) is 0 Å². The summed E-state index contributed by atoms with van der Waals surface area (Å²) in [6.07, 6.45) is 0. The highest BCUT2D eigenvalue weighted by atomic mass is 127. The van der Waals surface area contributed by atoms with Gasteiger partial charge in [-0.05, 0) is 52.8 Å². The first-order valence-corrected chi connectivity index (χ1v) is 7.36. The SMILES string of the molecule is Cc1cc(I)c2c(c1)C(=O)C(=O)N2Cc1ccccc1. The Morgan fingerprint density at radius 3 is 2.50 bits per heavy atom. The normalized spacial score (nSPS) is 13.8. The second kappa shape index (κ2) is 5.01. The molecule has 3 nitrogen and oxygen atoms in total. The Hall–Kier alpha value is -1.69. The highest BCUT2D eigenvalue weighted by Gasteiger charge is 2.37. The minimum Gasteiger partial charge on any atom is -0.299 e. The molecular formula is C16H12INO2. The molecule has 0 bridgehead atoms. The van der Waals surface area contributed by atoms with Crippen molar-refractivity contribution in [3.63, 3.8) is 0 Å². The fraction of sp³-hybridized carbons (Fsp3) is 0.125. The van der Waals surface area contributed by atoms with Gasteiger partial charge in [-0.1, -0.05) is 30.3 Å². The van der Waals surface area contributed by atoms with Crippen LogP contribution in [0.15, 0.2) is 42.5 Å². The van der Waals surface area contributed by atoms with Crippen molar-refractivity contribution < 1.29 is 9.59 Å². The highest BCUT2D eigenvalue weighted by molar-refractivity contribution is 14.1. The minimum absolute atomic E-state index is 0.405. The molecule has 3 rings (SSSR count). The number of nitrogens with zero attached hydrogens (tertiary/aromatic N) is 1. The zero-order valence-electron chi connectivity index (χ0n) is 10.9. The molecule has 0 saturated carbocycles. The third kappa shape index (κ3) is 2.14. The molecule has 0 unspecified atom stereocenters. The second-order valence-corrected chi connectivity index (χ2v) is 6.01. The number of hydrogen-bond acceptors (Lipinski definition) is 2. The van der Waals surface area contributed by atoms with Crippen LogP contribution in [0.3, 0.4) is 0 Å². The van der Waals surface area contributed by atoms with Gasteiger partial charge < -0.3 is 0 Å². The third-order valence-electron chi connectivity index (χ3n) is 3.35. The van der Waals surface area contributed by atoms with E-state index in [0.717, 1.165) is 20.4 Å². The molecule has 0 aliphatic carbocycles. The lowest BCUT2D eigenvalue weighted by atomic mass is 10.1. The van der Waals surface area contributed by atoms with E-state index in [1.54, 1.807) is 11.0 Å². The fourth-order valence-corrected chi connectivity index (χ4v) is 3.51. The fourth-order valence-electron chi connectivity index (χ4n) is 2.44. The topological polar surface area (TPSA) is 37.4 Å². The van der Waals surface area contributed by atoms with Gasteiger partial charge in [0.2, 0.25) is 0 Å². The van der Waals surface area contributed by atoms with E-state index in [9.17, 15) is 9.59 Å². The minimum atomic E-state index is -0.438. The summed E-state index contributed by atoms with van der Waals surface area (Å²) in [5, 5.41) is 0. The van der Waals surface area contributed by atoms with Gasteiger partial charge in [-0.15, -0.1) is 0 Å². The van der Waals surface area contributed by atoms with Crippen molar-refractivity contribution in [1.29, 1.82) is 0 Å². The zero-order valence-corrected chi connectivity index (χ0v) is 13.0. The summed E-state index contributed by atoms with van der Waals surface area (Å²) in [4.78, 5) is 25.9. The summed E-state index contributed by atoms with van der Waals surface area (Å²) < 4.78 is 0.938. The van der Waals surface area contributed by atoms with E-state index in [1.807, 2.05) is 43.3 Å². The van der Waals surface area contributed by atoms with E-state index < -0.39 is 11.7 Å². The molecule has 1 amide bonds. The molecule has 2 aromatic rings. The van der Waals surface area contributed by atoms with Crippen molar-refractivity contribution in [2.75, 3.05) is 4.90 Å². The van der Waals surface area contributed by atoms with Crippen LogP contribution in [0.5, 0.6) is 0 Å². The molecular weight excluding hydrogens is 365 g/mol.